The Bertz CT molecular complexity index is 488. The summed E-state index contributed by atoms with van der Waals surface area (Å²) >= 11 is 0. The van der Waals surface area contributed by atoms with Crippen LogP contribution in [0.4, 0.5) is 4.79 Å². The van der Waals surface area contributed by atoms with E-state index in [0.717, 1.165) is 19.3 Å². The standard InChI is InChI=1S/C17H29N3O4/c1-11(2)24-15(22)8-5-12(3)18-16(23)19-13-6-7-14(21)20-17(13)9-4-10-17/h11-13H,4-10H2,1-3H3,(H,20,21)(H2,18,19,23)/t12-,13+/m1/s1. The second kappa shape index (κ2) is 7.85. The predicted octanol–water partition coefficient (Wildman–Crippen LogP) is 1.61. The third kappa shape index (κ3) is 4.85. The van der Waals surface area contributed by atoms with Crippen molar-refractivity contribution in [2.45, 2.75) is 89.4 Å². The summed E-state index contributed by atoms with van der Waals surface area (Å²) in [6.07, 6.45) is 4.73. The van der Waals surface area contributed by atoms with Gasteiger partial charge in [0.25, 0.3) is 0 Å². The van der Waals surface area contributed by atoms with E-state index in [-0.39, 0.29) is 48.1 Å². The van der Waals surface area contributed by atoms with Crippen molar-refractivity contribution >= 4 is 17.9 Å². The first-order chi connectivity index (χ1) is 11.3. The number of hydrogen-bond acceptors (Lipinski definition) is 4. The van der Waals surface area contributed by atoms with E-state index >= 15 is 0 Å². The smallest absolute Gasteiger partial charge is 0.315 e. The maximum Gasteiger partial charge on any atom is 0.315 e. The Morgan fingerprint density at radius 1 is 1.33 bits per heavy atom. The van der Waals surface area contributed by atoms with Gasteiger partial charge in [0.1, 0.15) is 0 Å². The van der Waals surface area contributed by atoms with Crippen LogP contribution >= 0.6 is 0 Å². The first-order valence-corrected chi connectivity index (χ1v) is 8.88. The lowest BCUT2D eigenvalue weighted by molar-refractivity contribution is -0.147. The molecule has 2 atom stereocenters. The molecule has 1 spiro atoms. The molecule has 0 unspecified atom stereocenters. The summed E-state index contributed by atoms with van der Waals surface area (Å²) in [7, 11) is 0. The summed E-state index contributed by atoms with van der Waals surface area (Å²) < 4.78 is 5.08. The molecule has 7 heteroatoms. The lowest BCUT2D eigenvalue weighted by Crippen LogP contribution is -2.69. The summed E-state index contributed by atoms with van der Waals surface area (Å²) in [5.41, 5.74) is -0.253. The van der Waals surface area contributed by atoms with Crippen LogP contribution in [0.15, 0.2) is 0 Å². The van der Waals surface area contributed by atoms with Gasteiger partial charge in [-0.3, -0.25) is 9.59 Å². The van der Waals surface area contributed by atoms with Crippen molar-refractivity contribution in [3.63, 3.8) is 0 Å². The highest BCUT2D eigenvalue weighted by Crippen LogP contribution is 2.38. The van der Waals surface area contributed by atoms with E-state index in [9.17, 15) is 14.4 Å². The van der Waals surface area contributed by atoms with Crippen molar-refractivity contribution < 1.29 is 19.1 Å². The first kappa shape index (κ1) is 18.5. The number of ether oxygens (including phenoxy) is 1. The molecule has 2 fully saturated rings. The number of urea groups is 1. The van der Waals surface area contributed by atoms with Crippen molar-refractivity contribution in [2.24, 2.45) is 0 Å². The van der Waals surface area contributed by atoms with Gasteiger partial charge in [0.2, 0.25) is 5.91 Å². The Morgan fingerprint density at radius 3 is 2.62 bits per heavy atom. The van der Waals surface area contributed by atoms with Crippen LogP contribution < -0.4 is 16.0 Å². The SMILES string of the molecule is CC(C)OC(=O)CC[C@@H](C)NC(=O)N[C@H]1CCC(=O)NC12CCC2. The number of piperidine rings is 1. The van der Waals surface area contributed by atoms with Crippen LogP contribution in [-0.4, -0.2) is 41.6 Å². The molecule has 1 aliphatic heterocycles. The molecule has 0 aromatic carbocycles. The second-order valence-electron chi connectivity index (χ2n) is 7.25. The number of esters is 1. The molecule has 1 heterocycles. The molecule has 0 bridgehead atoms. The topological polar surface area (TPSA) is 96.5 Å². The Hall–Kier alpha value is -1.79. The minimum Gasteiger partial charge on any atom is -0.463 e. The zero-order valence-corrected chi connectivity index (χ0v) is 14.8. The molecule has 1 saturated carbocycles. The van der Waals surface area contributed by atoms with Gasteiger partial charge in [0, 0.05) is 18.9 Å². The van der Waals surface area contributed by atoms with E-state index < -0.39 is 0 Å². The Balaban J connectivity index is 1.74. The van der Waals surface area contributed by atoms with Crippen LogP contribution in [0.1, 0.15) is 65.7 Å². The van der Waals surface area contributed by atoms with E-state index in [1.54, 1.807) is 0 Å². The summed E-state index contributed by atoms with van der Waals surface area (Å²) in [6.45, 7) is 5.49. The maximum atomic E-state index is 12.2. The fourth-order valence-electron chi connectivity index (χ4n) is 3.37. The molecule has 3 N–H and O–H groups in total. The Morgan fingerprint density at radius 2 is 2.04 bits per heavy atom. The first-order valence-electron chi connectivity index (χ1n) is 8.88. The van der Waals surface area contributed by atoms with E-state index in [1.165, 1.54) is 0 Å². The van der Waals surface area contributed by atoms with Gasteiger partial charge >= 0.3 is 12.0 Å². The molecule has 1 saturated heterocycles. The average Bonchev–Trinajstić information content (AvgIpc) is 2.44. The number of rotatable bonds is 6. The number of nitrogens with one attached hydrogen (secondary N) is 3. The maximum absolute atomic E-state index is 12.2. The van der Waals surface area contributed by atoms with Gasteiger partial charge in [-0.2, -0.15) is 0 Å². The van der Waals surface area contributed by atoms with Gasteiger partial charge in [-0.1, -0.05) is 0 Å². The molecule has 0 aromatic rings. The fourth-order valence-corrected chi connectivity index (χ4v) is 3.37. The lowest BCUT2D eigenvalue weighted by Gasteiger charge is -2.50. The molecule has 0 aromatic heterocycles. The highest BCUT2D eigenvalue weighted by Gasteiger charge is 2.48. The number of amides is 3. The molecule has 2 aliphatic rings. The van der Waals surface area contributed by atoms with Gasteiger partial charge < -0.3 is 20.7 Å². The van der Waals surface area contributed by atoms with Crippen molar-refractivity contribution in [1.82, 2.24) is 16.0 Å². The van der Waals surface area contributed by atoms with Crippen LogP contribution in [0.5, 0.6) is 0 Å². The second-order valence-corrected chi connectivity index (χ2v) is 7.25. The molecule has 2 rings (SSSR count). The zero-order valence-electron chi connectivity index (χ0n) is 14.8. The monoisotopic (exact) mass is 339 g/mol. The molecule has 136 valence electrons. The van der Waals surface area contributed by atoms with E-state index in [2.05, 4.69) is 16.0 Å². The van der Waals surface area contributed by atoms with E-state index in [1.807, 2.05) is 20.8 Å². The van der Waals surface area contributed by atoms with Crippen molar-refractivity contribution in [3.05, 3.63) is 0 Å². The molecule has 7 nitrogen and oxygen atoms in total. The largest absolute Gasteiger partial charge is 0.463 e. The molecule has 0 radical (unpaired) electrons. The highest BCUT2D eigenvalue weighted by molar-refractivity contribution is 5.80. The van der Waals surface area contributed by atoms with E-state index in [4.69, 9.17) is 4.74 Å². The third-order valence-electron chi connectivity index (χ3n) is 4.79. The van der Waals surface area contributed by atoms with Crippen molar-refractivity contribution in [1.29, 1.82) is 0 Å². The van der Waals surface area contributed by atoms with Crippen LogP contribution in [0.25, 0.3) is 0 Å². The average molecular weight is 339 g/mol. The van der Waals surface area contributed by atoms with Crippen molar-refractivity contribution in [3.8, 4) is 0 Å². The predicted molar refractivity (Wildman–Crippen MR) is 89.3 cm³/mol. The lowest BCUT2D eigenvalue weighted by atomic mass is 9.68. The van der Waals surface area contributed by atoms with Gasteiger partial charge in [-0.05, 0) is 52.9 Å². The van der Waals surface area contributed by atoms with Gasteiger partial charge in [-0.25, -0.2) is 4.79 Å². The number of carbonyl (C=O) groups is 3. The molecule has 3 amide bonds. The van der Waals surface area contributed by atoms with Gasteiger partial charge in [0.15, 0.2) is 0 Å². The zero-order chi connectivity index (χ0) is 17.7. The summed E-state index contributed by atoms with van der Waals surface area (Å²) in [5, 5.41) is 8.92. The summed E-state index contributed by atoms with van der Waals surface area (Å²) in [6, 6.07) is -0.394. The quantitative estimate of drug-likeness (QED) is 0.641. The third-order valence-corrected chi connectivity index (χ3v) is 4.79. The van der Waals surface area contributed by atoms with Crippen molar-refractivity contribution in [2.75, 3.05) is 0 Å². The Labute approximate surface area is 143 Å². The molecular weight excluding hydrogens is 310 g/mol. The minimum absolute atomic E-state index is 0.0259. The molecule has 24 heavy (non-hydrogen) atoms. The molecular formula is C17H29N3O4. The Kier molecular flexibility index (Phi) is 6.07. The molecule has 1 aliphatic carbocycles. The van der Waals surface area contributed by atoms with Crippen LogP contribution in [0.2, 0.25) is 0 Å². The van der Waals surface area contributed by atoms with Gasteiger partial charge in [0.05, 0.1) is 17.7 Å². The van der Waals surface area contributed by atoms with E-state index in [0.29, 0.717) is 19.3 Å². The highest BCUT2D eigenvalue weighted by atomic mass is 16.5. The van der Waals surface area contributed by atoms with Crippen LogP contribution in [0, 0.1) is 0 Å². The summed E-state index contributed by atoms with van der Waals surface area (Å²) in [4.78, 5) is 35.4. The normalized spacial score (nSPS) is 23.2. The summed E-state index contributed by atoms with van der Waals surface area (Å²) in [5.74, 6) is -0.173. The van der Waals surface area contributed by atoms with Gasteiger partial charge in [-0.15, -0.1) is 0 Å². The number of carbonyl (C=O) groups excluding carboxylic acids is 3. The van der Waals surface area contributed by atoms with Crippen LogP contribution in [-0.2, 0) is 14.3 Å². The minimum atomic E-state index is -0.253. The fraction of sp³-hybridized carbons (Fsp3) is 0.824. The number of hydrogen-bond donors (Lipinski definition) is 3. The van der Waals surface area contributed by atoms with Crippen LogP contribution in [0.3, 0.4) is 0 Å².